The number of halogens is 1. The molecule has 8 nitrogen and oxygen atoms in total. The fraction of sp³-hybridized carbons (Fsp3) is 0.391. The van der Waals surface area contributed by atoms with Gasteiger partial charge in [-0.25, -0.2) is 22.3 Å². The molecule has 2 aromatic carbocycles. The first-order valence-corrected chi connectivity index (χ1v) is 12.4. The summed E-state index contributed by atoms with van der Waals surface area (Å²) < 4.78 is 52.3. The summed E-state index contributed by atoms with van der Waals surface area (Å²) in [6.07, 6.45) is 2.91. The quantitative estimate of drug-likeness (QED) is 0.464. The Labute approximate surface area is 189 Å². The van der Waals surface area contributed by atoms with Crippen molar-refractivity contribution < 1.29 is 22.0 Å². The Kier molecular flexibility index (Phi) is 6.66. The lowest BCUT2D eigenvalue weighted by Gasteiger charge is -2.16. The number of aromatic amines is 1. The highest BCUT2D eigenvalue weighted by Gasteiger charge is 2.23. The Morgan fingerprint density at radius 3 is 2.76 bits per heavy atom. The molecule has 0 aliphatic heterocycles. The van der Waals surface area contributed by atoms with E-state index in [1.54, 1.807) is 25.1 Å². The molecule has 0 unspecified atom stereocenters. The van der Waals surface area contributed by atoms with Crippen molar-refractivity contribution in [3.05, 3.63) is 74.2 Å². The van der Waals surface area contributed by atoms with Gasteiger partial charge in [0.25, 0.3) is 5.56 Å². The topological polar surface area (TPSA) is 118 Å². The van der Waals surface area contributed by atoms with Crippen LogP contribution in [0.1, 0.15) is 43.4 Å². The van der Waals surface area contributed by atoms with Crippen LogP contribution < -0.4 is 20.8 Å². The number of H-pyrrole nitrogens is 1. The maximum Gasteiger partial charge on any atom is 0.419 e. The summed E-state index contributed by atoms with van der Waals surface area (Å²) >= 11 is 0. The zero-order valence-electron chi connectivity index (χ0n) is 18.1. The standard InChI is InChI=1S/C23H25FN2O6S/c1-14(17-7-9-19(24)21(12-17)31-13-16-4-5-16)26-33(29,30)10-2-3-15-6-8-18-20(11-15)32-23(28)25-22(18)27/h6-9,11-12,14,16,26H,2-5,10,13H2,1H3,(H,25,27,28)/t14-/m1/s1. The van der Waals surface area contributed by atoms with Crippen molar-refractivity contribution in [2.75, 3.05) is 12.4 Å². The van der Waals surface area contributed by atoms with Crippen molar-refractivity contribution in [2.45, 2.75) is 38.6 Å². The van der Waals surface area contributed by atoms with E-state index in [1.165, 1.54) is 18.2 Å². The van der Waals surface area contributed by atoms with E-state index < -0.39 is 33.2 Å². The smallest absolute Gasteiger partial charge is 0.419 e. The molecule has 0 bridgehead atoms. The second kappa shape index (κ2) is 9.48. The first kappa shape index (κ1) is 23.2. The van der Waals surface area contributed by atoms with Crippen molar-refractivity contribution >= 4 is 21.0 Å². The molecule has 1 heterocycles. The molecule has 0 radical (unpaired) electrons. The van der Waals surface area contributed by atoms with Gasteiger partial charge in [0.05, 0.1) is 17.7 Å². The summed E-state index contributed by atoms with van der Waals surface area (Å²) in [4.78, 5) is 25.2. The van der Waals surface area contributed by atoms with E-state index in [-0.39, 0.29) is 22.5 Å². The fourth-order valence-corrected chi connectivity index (χ4v) is 4.85. The van der Waals surface area contributed by atoms with E-state index in [4.69, 9.17) is 9.15 Å². The lowest BCUT2D eigenvalue weighted by atomic mass is 10.1. The van der Waals surface area contributed by atoms with Gasteiger partial charge in [-0.1, -0.05) is 12.1 Å². The summed E-state index contributed by atoms with van der Waals surface area (Å²) in [5.74, 6) is -0.827. The van der Waals surface area contributed by atoms with E-state index >= 15 is 0 Å². The molecule has 33 heavy (non-hydrogen) atoms. The van der Waals surface area contributed by atoms with Gasteiger partial charge in [0, 0.05) is 6.04 Å². The first-order valence-electron chi connectivity index (χ1n) is 10.8. The number of ether oxygens (including phenoxy) is 1. The van der Waals surface area contributed by atoms with E-state index in [2.05, 4.69) is 9.71 Å². The molecule has 2 N–H and O–H groups in total. The largest absolute Gasteiger partial charge is 0.490 e. The van der Waals surface area contributed by atoms with Gasteiger partial charge in [0.15, 0.2) is 11.6 Å². The molecule has 4 rings (SSSR count). The Bertz CT molecular complexity index is 1380. The number of aromatic nitrogens is 1. The van der Waals surface area contributed by atoms with Crippen LogP contribution in [0.15, 0.2) is 50.4 Å². The predicted octanol–water partition coefficient (Wildman–Crippen LogP) is 3.02. The zero-order chi connectivity index (χ0) is 23.6. The minimum Gasteiger partial charge on any atom is -0.490 e. The van der Waals surface area contributed by atoms with Crippen molar-refractivity contribution in [1.82, 2.24) is 9.71 Å². The van der Waals surface area contributed by atoms with Gasteiger partial charge in [-0.3, -0.25) is 9.78 Å². The van der Waals surface area contributed by atoms with Gasteiger partial charge in [-0.05, 0) is 73.9 Å². The predicted molar refractivity (Wildman–Crippen MR) is 121 cm³/mol. The fourth-order valence-electron chi connectivity index (χ4n) is 3.53. The third-order valence-corrected chi connectivity index (χ3v) is 7.11. The molecule has 1 fully saturated rings. The van der Waals surface area contributed by atoms with Crippen LogP contribution in [0.3, 0.4) is 0 Å². The monoisotopic (exact) mass is 476 g/mol. The number of hydrogen-bond donors (Lipinski definition) is 2. The highest BCUT2D eigenvalue weighted by atomic mass is 32.2. The Morgan fingerprint density at radius 1 is 1.21 bits per heavy atom. The number of fused-ring (bicyclic) bond motifs is 1. The Morgan fingerprint density at radius 2 is 2.00 bits per heavy atom. The van der Waals surface area contributed by atoms with Crippen LogP contribution in [0, 0.1) is 11.7 Å². The first-order chi connectivity index (χ1) is 15.7. The molecule has 1 aliphatic carbocycles. The van der Waals surface area contributed by atoms with Gasteiger partial charge in [-0.2, -0.15) is 0 Å². The van der Waals surface area contributed by atoms with Crippen LogP contribution >= 0.6 is 0 Å². The van der Waals surface area contributed by atoms with E-state index in [0.29, 0.717) is 30.9 Å². The van der Waals surface area contributed by atoms with Gasteiger partial charge in [0.2, 0.25) is 10.0 Å². The number of nitrogens with one attached hydrogen (secondary N) is 2. The molecule has 176 valence electrons. The third-order valence-electron chi connectivity index (χ3n) is 5.57. The maximum absolute atomic E-state index is 14.0. The lowest BCUT2D eigenvalue weighted by Crippen LogP contribution is -2.29. The van der Waals surface area contributed by atoms with Gasteiger partial charge >= 0.3 is 5.76 Å². The Hall–Kier alpha value is -2.98. The van der Waals surface area contributed by atoms with E-state index in [1.807, 2.05) is 0 Å². The molecular weight excluding hydrogens is 451 g/mol. The highest BCUT2D eigenvalue weighted by molar-refractivity contribution is 7.89. The average Bonchev–Trinajstić information content (AvgIpc) is 3.56. The molecular formula is C23H25FN2O6S. The average molecular weight is 477 g/mol. The summed E-state index contributed by atoms with van der Waals surface area (Å²) in [5, 5.41) is 0.251. The van der Waals surface area contributed by atoms with Gasteiger partial charge in [0.1, 0.15) is 5.58 Å². The van der Waals surface area contributed by atoms with Crippen LogP contribution in [-0.2, 0) is 16.4 Å². The summed E-state index contributed by atoms with van der Waals surface area (Å²) in [6, 6.07) is 8.61. The minimum absolute atomic E-state index is 0.124. The van der Waals surface area contributed by atoms with Crippen LogP contribution in [0.4, 0.5) is 4.39 Å². The minimum atomic E-state index is -3.61. The number of benzene rings is 2. The second-order valence-corrected chi connectivity index (χ2v) is 10.3. The molecule has 1 aromatic heterocycles. The number of hydrogen-bond acceptors (Lipinski definition) is 6. The highest BCUT2D eigenvalue weighted by Crippen LogP contribution is 2.31. The lowest BCUT2D eigenvalue weighted by molar-refractivity contribution is 0.285. The molecule has 1 atom stereocenters. The summed E-state index contributed by atoms with van der Waals surface area (Å²) in [7, 11) is -3.61. The number of sulfonamides is 1. The van der Waals surface area contributed by atoms with E-state index in [0.717, 1.165) is 18.4 Å². The Balaban J connectivity index is 1.35. The molecule has 0 saturated heterocycles. The number of aryl methyl sites for hydroxylation is 1. The molecule has 1 aliphatic rings. The van der Waals surface area contributed by atoms with Gasteiger partial charge in [-0.15, -0.1) is 0 Å². The normalized spacial score (nSPS) is 15.0. The van der Waals surface area contributed by atoms with Crippen LogP contribution in [-0.4, -0.2) is 25.8 Å². The van der Waals surface area contributed by atoms with Crippen molar-refractivity contribution in [2.24, 2.45) is 5.92 Å². The molecule has 0 amide bonds. The van der Waals surface area contributed by atoms with Crippen molar-refractivity contribution in [1.29, 1.82) is 0 Å². The molecule has 0 spiro atoms. The van der Waals surface area contributed by atoms with Gasteiger partial charge < -0.3 is 9.15 Å². The zero-order valence-corrected chi connectivity index (χ0v) is 18.9. The van der Waals surface area contributed by atoms with Crippen molar-refractivity contribution in [3.63, 3.8) is 0 Å². The molecule has 1 saturated carbocycles. The third kappa shape index (κ3) is 6.08. The molecule has 3 aromatic rings. The SMILES string of the molecule is C[C@@H](NS(=O)(=O)CCCc1ccc2c(=O)[nH]c(=O)oc2c1)c1ccc(F)c(OCC2CC2)c1. The summed E-state index contributed by atoms with van der Waals surface area (Å²) in [6.45, 7) is 2.16. The maximum atomic E-state index is 14.0. The van der Waals surface area contributed by atoms with E-state index in [9.17, 15) is 22.4 Å². The van der Waals surface area contributed by atoms with Crippen LogP contribution in [0.5, 0.6) is 5.75 Å². The van der Waals surface area contributed by atoms with Crippen molar-refractivity contribution in [3.8, 4) is 5.75 Å². The molecule has 10 heteroatoms. The second-order valence-electron chi connectivity index (χ2n) is 8.38. The number of rotatable bonds is 10. The van der Waals surface area contributed by atoms with Crippen LogP contribution in [0.2, 0.25) is 0 Å². The summed E-state index contributed by atoms with van der Waals surface area (Å²) in [5.41, 5.74) is 0.985. The van der Waals surface area contributed by atoms with Crippen LogP contribution in [0.25, 0.3) is 11.0 Å².